The van der Waals surface area contributed by atoms with Gasteiger partial charge in [-0.2, -0.15) is 0 Å². The first-order valence-corrected chi connectivity index (χ1v) is 25.7. The molecule has 20 nitrogen and oxygen atoms in total. The monoisotopic (exact) mass is 1000 g/mol. The summed E-state index contributed by atoms with van der Waals surface area (Å²) in [5.41, 5.74) is -3.29. The second kappa shape index (κ2) is 19.7. The van der Waals surface area contributed by atoms with Crippen LogP contribution in [0.5, 0.6) is 0 Å². The van der Waals surface area contributed by atoms with E-state index in [0.717, 1.165) is 25.7 Å². The van der Waals surface area contributed by atoms with Crippen LogP contribution in [-0.4, -0.2) is 204 Å². The van der Waals surface area contributed by atoms with E-state index in [1.54, 1.807) is 0 Å². The Morgan fingerprint density at radius 3 is 1.71 bits per heavy atom. The van der Waals surface area contributed by atoms with E-state index in [9.17, 15) is 55.9 Å². The summed E-state index contributed by atoms with van der Waals surface area (Å²) in [6, 6.07) is 0. The van der Waals surface area contributed by atoms with E-state index in [1.807, 2.05) is 6.92 Å². The number of hydrogen-bond acceptors (Lipinski definition) is 20. The molecule has 8 aliphatic rings. The highest BCUT2D eigenvalue weighted by atomic mass is 16.8. The number of carbonyl (C=O) groups is 1. The SMILES string of the molecule is CC(=O)O[C@H]1C[C@H]2C(C)(C)[C@H](O)CC[C@@]2(C)O[C@]1(C)[C@H]1CC[C@@H]2[C@@]3(C)CC[C@H](O[C@@H]4O[C@H](CO)[C@H](O)[C@H](O)[C@H]4O[C@@H]4O[C@H](CO)[C@@H](O)[C@H](O)[C@H]4O[C@@H]4O[C@@H](C)[C@H](O)[C@@H](O)[C@H]4O)C(C)(C)[C@@H]3CC[C@@]2(C)O1. The Morgan fingerprint density at radius 2 is 1.13 bits per heavy atom. The summed E-state index contributed by atoms with van der Waals surface area (Å²) >= 11 is 0. The molecule has 20 heteroatoms. The number of ether oxygens (including phenoxy) is 9. The van der Waals surface area contributed by atoms with Crippen molar-refractivity contribution in [3.8, 4) is 0 Å². The largest absolute Gasteiger partial charge is 0.459 e. The number of esters is 1. The molecule has 404 valence electrons. The van der Waals surface area contributed by atoms with Crippen molar-refractivity contribution in [3.63, 3.8) is 0 Å². The van der Waals surface area contributed by atoms with Gasteiger partial charge in [-0.15, -0.1) is 0 Å². The Bertz CT molecular complexity index is 1840. The molecule has 0 spiro atoms. The first-order valence-electron chi connectivity index (χ1n) is 25.7. The second-order valence-electron chi connectivity index (χ2n) is 24.3. The van der Waals surface area contributed by atoms with Gasteiger partial charge >= 0.3 is 5.97 Å². The third-order valence-corrected chi connectivity index (χ3v) is 19.3. The molecule has 3 aliphatic carbocycles. The Hall–Kier alpha value is -1.25. The van der Waals surface area contributed by atoms with Crippen LogP contribution in [0.4, 0.5) is 0 Å². The molecular weight excluding hydrogens is 921 g/mol. The lowest BCUT2D eigenvalue weighted by atomic mass is 9.44. The molecule has 5 aliphatic heterocycles. The van der Waals surface area contributed by atoms with Crippen LogP contribution in [-0.2, 0) is 47.4 Å². The fourth-order valence-electron chi connectivity index (χ4n) is 15.1. The van der Waals surface area contributed by atoms with E-state index in [2.05, 4.69) is 48.5 Å². The summed E-state index contributed by atoms with van der Waals surface area (Å²) in [7, 11) is 0. The average Bonchev–Trinajstić information content (AvgIpc) is 3.29. The summed E-state index contributed by atoms with van der Waals surface area (Å²) in [6.07, 6.45) is -19.8. The molecule has 5 heterocycles. The van der Waals surface area contributed by atoms with Crippen molar-refractivity contribution in [2.45, 2.75) is 260 Å². The lowest BCUT2D eigenvalue weighted by molar-refractivity contribution is -0.398. The van der Waals surface area contributed by atoms with E-state index in [4.69, 9.17) is 42.6 Å². The normalized spacial score (nSPS) is 54.6. The molecule has 26 atom stereocenters. The van der Waals surface area contributed by atoms with Gasteiger partial charge < -0.3 is 93.7 Å². The minimum Gasteiger partial charge on any atom is -0.459 e. The predicted molar refractivity (Wildman–Crippen MR) is 243 cm³/mol. The topological polar surface area (TPSA) is 302 Å². The lowest BCUT2D eigenvalue weighted by Gasteiger charge is -2.67. The zero-order chi connectivity index (χ0) is 51.4. The van der Waals surface area contributed by atoms with Gasteiger partial charge in [-0.25, -0.2) is 0 Å². The van der Waals surface area contributed by atoms with Gasteiger partial charge in [-0.05, 0) is 119 Å². The number of hydrogen-bond donors (Lipinski definition) is 10. The van der Waals surface area contributed by atoms with Crippen LogP contribution in [0, 0.1) is 34.0 Å². The Morgan fingerprint density at radius 1 is 0.557 bits per heavy atom. The quantitative estimate of drug-likeness (QED) is 0.104. The minimum absolute atomic E-state index is 0.0503. The van der Waals surface area contributed by atoms with Gasteiger partial charge in [0, 0.05) is 6.92 Å². The van der Waals surface area contributed by atoms with E-state index in [0.29, 0.717) is 32.1 Å². The number of carbonyl (C=O) groups excluding carboxylic acids is 1. The highest BCUT2D eigenvalue weighted by Gasteiger charge is 2.68. The van der Waals surface area contributed by atoms with Crippen molar-refractivity contribution in [1.82, 2.24) is 0 Å². The summed E-state index contributed by atoms with van der Waals surface area (Å²) in [6.45, 7) is 18.5. The van der Waals surface area contributed by atoms with Crippen LogP contribution in [0.1, 0.15) is 127 Å². The molecule has 70 heavy (non-hydrogen) atoms. The summed E-state index contributed by atoms with van der Waals surface area (Å²) in [4.78, 5) is 12.7. The minimum atomic E-state index is -1.85. The van der Waals surface area contributed by atoms with E-state index >= 15 is 0 Å². The summed E-state index contributed by atoms with van der Waals surface area (Å²) < 4.78 is 57.5. The summed E-state index contributed by atoms with van der Waals surface area (Å²) in [5, 5.41) is 108. The van der Waals surface area contributed by atoms with Gasteiger partial charge in [-0.3, -0.25) is 4.79 Å². The molecular formula is C50H84O20. The van der Waals surface area contributed by atoms with Crippen LogP contribution in [0.3, 0.4) is 0 Å². The predicted octanol–water partition coefficient (Wildman–Crippen LogP) is 0.304. The maximum absolute atomic E-state index is 12.7. The molecule has 5 saturated heterocycles. The Labute approximate surface area is 411 Å². The smallest absolute Gasteiger partial charge is 0.303 e. The molecule has 0 radical (unpaired) electrons. The van der Waals surface area contributed by atoms with Gasteiger partial charge in [0.25, 0.3) is 0 Å². The van der Waals surface area contributed by atoms with Crippen molar-refractivity contribution < 1.29 is 98.5 Å². The van der Waals surface area contributed by atoms with Crippen molar-refractivity contribution in [2.75, 3.05) is 13.2 Å². The van der Waals surface area contributed by atoms with Crippen LogP contribution >= 0.6 is 0 Å². The third kappa shape index (κ3) is 9.24. The second-order valence-corrected chi connectivity index (χ2v) is 24.3. The maximum Gasteiger partial charge on any atom is 0.303 e. The van der Waals surface area contributed by atoms with Gasteiger partial charge in [-0.1, -0.05) is 34.6 Å². The molecule has 0 unspecified atom stereocenters. The Balaban J connectivity index is 1.01. The van der Waals surface area contributed by atoms with Crippen LogP contribution < -0.4 is 0 Å². The van der Waals surface area contributed by atoms with E-state index in [1.165, 1.54) is 13.8 Å². The van der Waals surface area contributed by atoms with Gasteiger partial charge in [0.2, 0.25) is 0 Å². The van der Waals surface area contributed by atoms with Gasteiger partial charge in [0.15, 0.2) is 18.9 Å². The number of rotatable bonds is 10. The van der Waals surface area contributed by atoms with Crippen molar-refractivity contribution in [3.05, 3.63) is 0 Å². The van der Waals surface area contributed by atoms with Crippen LogP contribution in [0.25, 0.3) is 0 Å². The molecule has 8 fully saturated rings. The highest BCUT2D eigenvalue weighted by molar-refractivity contribution is 5.66. The first kappa shape index (κ1) is 55.0. The third-order valence-electron chi connectivity index (χ3n) is 19.3. The highest BCUT2D eigenvalue weighted by Crippen LogP contribution is 2.67. The fourth-order valence-corrected chi connectivity index (χ4v) is 15.1. The standard InChI is InChI=1S/C50H84O20/c1-22-33(55)36(58)39(61)42(62-22)67-41-38(60)35(57)25(21-52)65-44(41)68-40-37(59)34(56)24(20-51)64-43(40)66-30-15-16-47(7)26(46(30,5)6)13-17-48(8)27(47)11-12-31(69-48)50(10)32(63-23(2)53)19-28-45(3,4)29(54)14-18-49(28,9)70-50/h22,24-44,51-52,54-61H,11-21H2,1-10H3/t22-,24+,25+,26-,27+,28-,29+,30-,31+,32-,33-,34-,35+,36+,37-,38-,39+,40+,41+,42-,43-,44-,47-,48+,49+,50+/m0/s1. The summed E-state index contributed by atoms with van der Waals surface area (Å²) in [5.74, 6) is -0.223. The molecule has 0 aromatic rings. The molecule has 0 aromatic carbocycles. The Kier molecular flexibility index (Phi) is 15.5. The average molecular weight is 1010 g/mol. The number of aliphatic hydroxyl groups is 10. The van der Waals surface area contributed by atoms with Gasteiger partial charge in [0.05, 0.1) is 48.8 Å². The van der Waals surface area contributed by atoms with Crippen molar-refractivity contribution in [2.24, 2.45) is 34.0 Å². The van der Waals surface area contributed by atoms with Crippen molar-refractivity contribution in [1.29, 1.82) is 0 Å². The molecule has 0 aromatic heterocycles. The molecule has 3 saturated carbocycles. The van der Waals surface area contributed by atoms with Crippen LogP contribution in [0.2, 0.25) is 0 Å². The first-order chi connectivity index (χ1) is 32.6. The maximum atomic E-state index is 12.7. The van der Waals surface area contributed by atoms with Crippen LogP contribution in [0.15, 0.2) is 0 Å². The zero-order valence-electron chi connectivity index (χ0n) is 42.5. The fraction of sp³-hybridized carbons (Fsp3) is 0.980. The number of aliphatic hydroxyl groups excluding tert-OH is 10. The van der Waals surface area contributed by atoms with Crippen molar-refractivity contribution >= 4 is 5.97 Å². The van der Waals surface area contributed by atoms with E-state index in [-0.39, 0.29) is 35.2 Å². The number of fused-ring (bicyclic) bond motifs is 4. The molecule has 10 N–H and O–H groups in total. The molecule has 0 amide bonds. The molecule has 0 bridgehead atoms. The molecule has 8 rings (SSSR count). The lowest BCUT2D eigenvalue weighted by Crippen LogP contribution is -2.71. The van der Waals surface area contributed by atoms with Gasteiger partial charge in [0.1, 0.15) is 78.8 Å². The van der Waals surface area contributed by atoms with E-state index < -0.39 is 151 Å². The zero-order valence-corrected chi connectivity index (χ0v) is 42.5.